The summed E-state index contributed by atoms with van der Waals surface area (Å²) >= 11 is 0. The van der Waals surface area contributed by atoms with Crippen LogP contribution in [0.15, 0.2) is 85.7 Å². The van der Waals surface area contributed by atoms with Gasteiger partial charge in [0.15, 0.2) is 11.7 Å². The van der Waals surface area contributed by atoms with E-state index in [2.05, 4.69) is 14.9 Å². The average Bonchev–Trinajstić information content (AvgIpc) is 3.62. The van der Waals surface area contributed by atoms with E-state index in [-0.39, 0.29) is 40.2 Å². The number of hydrogen-bond donors (Lipinski definition) is 11. The fourth-order valence-corrected chi connectivity index (χ4v) is 9.38. The average molecular weight is 965 g/mol. The first-order valence-corrected chi connectivity index (χ1v) is 22.2. The Morgan fingerprint density at radius 1 is 0.894 bits per heavy atom. The number of aliphatic hydroxyl groups excluding tert-OH is 4. The number of aromatic carboxylic acids is 1. The van der Waals surface area contributed by atoms with Gasteiger partial charge in [-0.05, 0) is 42.0 Å². The minimum Gasteiger partial charge on any atom is -0.508 e. The minimum absolute atomic E-state index is 0.0741. The van der Waals surface area contributed by atoms with Crippen LogP contribution in [0.25, 0.3) is 33.4 Å². The number of aliphatic hydroxyl groups is 4. The van der Waals surface area contributed by atoms with Crippen molar-refractivity contribution in [1.82, 2.24) is 20.2 Å². The molecule has 0 saturated carbocycles. The number of benzene rings is 3. The maximum absolute atomic E-state index is 13.3. The molecule has 1 aromatic heterocycles. The lowest BCUT2D eigenvalue weighted by atomic mass is 9.90. The number of aromatic amines is 1. The van der Waals surface area contributed by atoms with Gasteiger partial charge in [0.25, 0.3) is 11.5 Å². The number of phenols is 1. The Hall–Kier alpha value is -5.96. The van der Waals surface area contributed by atoms with Crippen molar-refractivity contribution in [1.29, 1.82) is 0 Å². The number of carbonyl (C=O) groups excluding carboxylic acids is 2. The van der Waals surface area contributed by atoms with Crippen LogP contribution in [0.4, 0.5) is 0 Å². The number of carboxylic acids is 1. The highest BCUT2D eigenvalue weighted by atomic mass is 31.3. The molecule has 2 aromatic carbocycles. The van der Waals surface area contributed by atoms with E-state index < -0.39 is 125 Å². The number of carboxylic acid groups (broad SMARTS) is 1. The number of hydrogen-bond acceptors (Lipinski definition) is 19. The van der Waals surface area contributed by atoms with Crippen molar-refractivity contribution in [2.24, 2.45) is 0 Å². The Labute approximate surface area is 367 Å². The highest BCUT2D eigenvalue weighted by Gasteiger charge is 2.50. The van der Waals surface area contributed by atoms with Crippen LogP contribution < -0.4 is 27.3 Å². The van der Waals surface area contributed by atoms with Crippen LogP contribution in [-0.4, -0.2) is 130 Å². The number of H-pyrrole nitrogens is 1. The van der Waals surface area contributed by atoms with E-state index in [0.29, 0.717) is 10.9 Å². The molecule has 2 amide bonds. The van der Waals surface area contributed by atoms with Crippen molar-refractivity contribution in [2.45, 2.75) is 55.5 Å². The Bertz CT molecular complexity index is 2940. The number of phenolic OH excluding ortho intramolecular Hbond substituents is 1. The molecule has 3 aromatic rings. The molecule has 2 fully saturated rings. The van der Waals surface area contributed by atoms with Crippen LogP contribution in [0.5, 0.6) is 5.75 Å². The topological polar surface area (TPSA) is 402 Å². The van der Waals surface area contributed by atoms with Crippen LogP contribution in [0.3, 0.4) is 0 Å². The third kappa shape index (κ3) is 10.5. The van der Waals surface area contributed by atoms with Crippen LogP contribution in [0.2, 0.25) is 0 Å². The van der Waals surface area contributed by atoms with Crippen LogP contribution in [0, 0.1) is 0 Å². The number of carbonyl (C=O) groups is 3. The van der Waals surface area contributed by atoms with Gasteiger partial charge in [-0.2, -0.15) is 4.31 Å². The van der Waals surface area contributed by atoms with E-state index >= 15 is 0 Å². The van der Waals surface area contributed by atoms with Gasteiger partial charge in [0, 0.05) is 52.9 Å². The smallest absolute Gasteiger partial charge is 0.483 e. The van der Waals surface area contributed by atoms with Gasteiger partial charge >= 0.3 is 27.3 Å². The third-order valence-corrected chi connectivity index (χ3v) is 12.9. The summed E-state index contributed by atoms with van der Waals surface area (Å²) in [5.74, 6) is -3.77. The fraction of sp³-hybridized carbons (Fsp3) is 0.316. The summed E-state index contributed by atoms with van der Waals surface area (Å²) in [6.45, 7) is -2.94. The molecule has 4 heterocycles. The number of fused-ring (bicyclic) bond motifs is 2. The van der Waals surface area contributed by atoms with Crippen LogP contribution in [-0.2, 0) is 36.8 Å². The number of rotatable bonds is 15. The van der Waals surface area contributed by atoms with Gasteiger partial charge in [0.2, 0.25) is 5.91 Å². The van der Waals surface area contributed by atoms with E-state index in [0.717, 1.165) is 22.9 Å². The van der Waals surface area contributed by atoms with Crippen LogP contribution in [0.1, 0.15) is 33.4 Å². The van der Waals surface area contributed by atoms with E-state index in [4.69, 9.17) is 22.9 Å². The second kappa shape index (κ2) is 19.1. The molecule has 1 aliphatic carbocycles. The molecular formula is C38H38N4O22P2. The Balaban J connectivity index is 1.01. The number of phosphoric acid groups is 2. The molecule has 352 valence electrons. The van der Waals surface area contributed by atoms with Crippen molar-refractivity contribution < 1.29 is 91.2 Å². The van der Waals surface area contributed by atoms with E-state index in [1.54, 1.807) is 0 Å². The Kier molecular flexibility index (Phi) is 13.9. The van der Waals surface area contributed by atoms with Gasteiger partial charge in [-0.1, -0.05) is 6.07 Å². The normalized spacial score (nSPS) is 24.9. The highest BCUT2D eigenvalue weighted by molar-refractivity contribution is 7.61. The fourth-order valence-electron chi connectivity index (χ4n) is 7.22. The number of phosphoric ester groups is 2. The molecule has 0 spiro atoms. The first-order valence-electron chi connectivity index (χ1n) is 19.3. The lowest BCUT2D eigenvalue weighted by Crippen LogP contribution is -2.65. The van der Waals surface area contributed by atoms with Gasteiger partial charge in [-0.3, -0.25) is 37.8 Å². The third-order valence-electron chi connectivity index (χ3n) is 10.3. The largest absolute Gasteiger partial charge is 0.508 e. The molecular weight excluding hydrogens is 926 g/mol. The summed E-state index contributed by atoms with van der Waals surface area (Å²) in [6, 6.07) is 10.4. The first-order chi connectivity index (χ1) is 31.1. The van der Waals surface area contributed by atoms with Crippen molar-refractivity contribution in [3.8, 4) is 28.2 Å². The number of aromatic hydroxyl groups is 1. The lowest BCUT2D eigenvalue weighted by Gasteiger charge is -2.42. The maximum atomic E-state index is 13.3. The first kappa shape index (κ1) is 48.0. The van der Waals surface area contributed by atoms with Gasteiger partial charge < -0.3 is 65.0 Å². The van der Waals surface area contributed by atoms with Crippen molar-refractivity contribution in [3.63, 3.8) is 0 Å². The monoisotopic (exact) mass is 964 g/mol. The van der Waals surface area contributed by atoms with Crippen molar-refractivity contribution in [3.05, 3.63) is 109 Å². The molecule has 66 heavy (non-hydrogen) atoms. The van der Waals surface area contributed by atoms with Crippen molar-refractivity contribution >= 4 is 44.4 Å². The summed E-state index contributed by atoms with van der Waals surface area (Å²) in [7, 11) is -11.5. The molecule has 3 aliphatic heterocycles. The summed E-state index contributed by atoms with van der Waals surface area (Å²) in [4.78, 5) is 97.4. The SMILES string of the molecule is O=C(CNC(=O)c1ccc(-c2c3ccc(=O)cc-3oc3cc(O)ccc23)c(C(=O)O)c1)NC1C(OP(=O)(O)OP(=O)(O)OC[C@H]2O[C@@H](n3ccc(=O)[nH]c3=O)CC2O)OC(CO)C(O)C1O. The molecule has 2 saturated heterocycles. The predicted octanol–water partition coefficient (Wildman–Crippen LogP) is -0.929. The molecule has 26 nitrogen and oxygen atoms in total. The molecule has 10 atom stereocenters. The summed E-state index contributed by atoms with van der Waals surface area (Å²) in [6.07, 6.45) is -11.4. The summed E-state index contributed by atoms with van der Waals surface area (Å²) in [5.41, 5.74) is -1.89. The van der Waals surface area contributed by atoms with Crippen molar-refractivity contribution in [2.75, 3.05) is 19.8 Å². The standard InChI is InChI=1S/C38H38N4O22P2/c43-14-26-33(49)34(50)32(37(62-26)63-66(57,58)64-65(55,56)59-15-27-23(46)12-30(61-27)42-8-7-28(47)41-38(42)54)40-29(48)13-39-35(51)16-1-4-19(22(9-16)36(52)53)31-20-5-2-17(44)10-24(20)60-25-11-18(45)3-6-21(25)31/h1-11,23,26-27,30,32-34,37,43-44,46,49-50H,12-15H2,(H,39,51)(H,40,48)(H,52,53)(H,55,56)(H,57,58)(H,41,47,54)/t23?,26?,27-,30-,32?,33?,34?,37?/m1/s1. The molecule has 28 heteroatoms. The zero-order valence-electron chi connectivity index (χ0n) is 33.4. The number of nitrogens with zero attached hydrogens (tertiary/aromatic N) is 1. The zero-order valence-corrected chi connectivity index (χ0v) is 35.2. The molecule has 11 N–H and O–H groups in total. The zero-order chi connectivity index (χ0) is 47.8. The van der Waals surface area contributed by atoms with E-state index in [1.807, 2.05) is 4.98 Å². The molecule has 8 unspecified atom stereocenters. The summed E-state index contributed by atoms with van der Waals surface area (Å²) < 4.78 is 57.1. The predicted molar refractivity (Wildman–Crippen MR) is 219 cm³/mol. The highest BCUT2D eigenvalue weighted by Crippen LogP contribution is 2.61. The second-order valence-corrected chi connectivity index (χ2v) is 17.7. The van der Waals surface area contributed by atoms with Gasteiger partial charge in [-0.15, -0.1) is 0 Å². The molecule has 4 aliphatic rings. The number of aromatic nitrogens is 2. The second-order valence-electron chi connectivity index (χ2n) is 14.7. The Morgan fingerprint density at radius 3 is 2.35 bits per heavy atom. The number of amides is 2. The van der Waals surface area contributed by atoms with E-state index in [9.17, 15) is 78.3 Å². The lowest BCUT2D eigenvalue weighted by molar-refractivity contribution is -0.247. The quantitative estimate of drug-likeness (QED) is 0.0446. The van der Waals surface area contributed by atoms with Crippen LogP contribution >= 0.6 is 15.6 Å². The van der Waals surface area contributed by atoms with Gasteiger partial charge in [0.05, 0.1) is 31.4 Å². The van der Waals surface area contributed by atoms with Gasteiger partial charge in [0.1, 0.15) is 53.8 Å². The Morgan fingerprint density at radius 2 is 1.64 bits per heavy atom. The summed E-state index contributed by atoms with van der Waals surface area (Å²) in [5, 5.41) is 66.4. The number of ether oxygens (including phenoxy) is 2. The molecule has 0 radical (unpaired) electrons. The molecule has 7 rings (SSSR count). The minimum atomic E-state index is -5.86. The molecule has 0 bridgehead atoms. The van der Waals surface area contributed by atoms with E-state index in [1.165, 1.54) is 48.5 Å². The maximum Gasteiger partial charge on any atom is 0.483 e. The van der Waals surface area contributed by atoms with Gasteiger partial charge in [-0.25, -0.2) is 18.7 Å². The number of nitrogens with one attached hydrogen (secondary N) is 3.